The van der Waals surface area contributed by atoms with E-state index in [2.05, 4.69) is 41.9 Å². The molecule has 1 unspecified atom stereocenters. The van der Waals surface area contributed by atoms with Gasteiger partial charge in [-0.2, -0.15) is 0 Å². The van der Waals surface area contributed by atoms with Crippen molar-refractivity contribution in [2.24, 2.45) is 0 Å². The van der Waals surface area contributed by atoms with E-state index in [1.54, 1.807) is 0 Å². The summed E-state index contributed by atoms with van der Waals surface area (Å²) in [7, 11) is 0. The monoisotopic (exact) mass is 285 g/mol. The number of aliphatic hydroxyl groups excluding tert-OH is 1. The van der Waals surface area contributed by atoms with Crippen LogP contribution in [0.4, 0.5) is 0 Å². The van der Waals surface area contributed by atoms with Gasteiger partial charge in [-0.25, -0.2) is 0 Å². The Bertz CT molecular complexity index is 486. The van der Waals surface area contributed by atoms with E-state index in [-0.39, 0.29) is 6.61 Å². The molecule has 1 N–H and O–H groups in total. The molecule has 114 valence electrons. The van der Waals surface area contributed by atoms with E-state index >= 15 is 0 Å². The number of hydrogen-bond donors (Lipinski definition) is 1. The van der Waals surface area contributed by atoms with Crippen LogP contribution in [-0.2, 0) is 6.54 Å². The van der Waals surface area contributed by atoms with Gasteiger partial charge in [0.2, 0.25) is 0 Å². The van der Waals surface area contributed by atoms with Gasteiger partial charge in [-0.15, -0.1) is 0 Å². The van der Waals surface area contributed by atoms with Crippen molar-refractivity contribution in [1.82, 2.24) is 4.90 Å². The first kappa shape index (κ1) is 16.1. The fourth-order valence-electron chi connectivity index (χ4n) is 3.12. The SMILES string of the molecule is CCC1CCCCCN1Cc1ccccc1C#CCCO. The molecule has 0 aromatic heterocycles. The molecule has 2 rings (SSSR count). The first-order valence-corrected chi connectivity index (χ1v) is 8.26. The quantitative estimate of drug-likeness (QED) is 0.855. The van der Waals surface area contributed by atoms with E-state index in [1.165, 1.54) is 44.2 Å². The van der Waals surface area contributed by atoms with Crippen molar-refractivity contribution in [2.45, 2.75) is 58.0 Å². The Morgan fingerprint density at radius 2 is 2.10 bits per heavy atom. The van der Waals surface area contributed by atoms with Gasteiger partial charge >= 0.3 is 0 Å². The average Bonchev–Trinajstić information content (AvgIpc) is 2.74. The average molecular weight is 285 g/mol. The standard InChI is InChI=1S/C19H27NO/c1-2-19-13-4-3-8-14-20(19)16-18-12-6-5-10-17(18)11-7-9-15-21/h5-6,10,12,19,21H,2-4,8-9,13-16H2,1H3. The van der Waals surface area contributed by atoms with Gasteiger partial charge in [0.15, 0.2) is 0 Å². The fraction of sp³-hybridized carbons (Fsp3) is 0.579. The maximum atomic E-state index is 8.86. The molecule has 1 atom stereocenters. The van der Waals surface area contributed by atoms with Crippen molar-refractivity contribution in [3.63, 3.8) is 0 Å². The van der Waals surface area contributed by atoms with Crippen molar-refractivity contribution in [1.29, 1.82) is 0 Å². The summed E-state index contributed by atoms with van der Waals surface area (Å²) in [6.45, 7) is 4.65. The normalized spacial score (nSPS) is 19.6. The van der Waals surface area contributed by atoms with Gasteiger partial charge in [-0.3, -0.25) is 4.90 Å². The van der Waals surface area contributed by atoms with Gasteiger partial charge in [0.25, 0.3) is 0 Å². The Labute approximate surface area is 129 Å². The summed E-state index contributed by atoms with van der Waals surface area (Å²) >= 11 is 0. The van der Waals surface area contributed by atoms with Crippen molar-refractivity contribution >= 4 is 0 Å². The Hall–Kier alpha value is -1.30. The maximum Gasteiger partial charge on any atom is 0.0540 e. The zero-order valence-corrected chi connectivity index (χ0v) is 13.1. The number of nitrogens with zero attached hydrogens (tertiary/aromatic N) is 1. The first-order valence-electron chi connectivity index (χ1n) is 8.26. The lowest BCUT2D eigenvalue weighted by atomic mass is 10.0. The molecule has 0 aliphatic carbocycles. The van der Waals surface area contributed by atoms with Crippen LogP contribution in [0.5, 0.6) is 0 Å². The third-order valence-corrected chi connectivity index (χ3v) is 4.32. The molecule has 0 amide bonds. The molecule has 0 bridgehead atoms. The summed E-state index contributed by atoms with van der Waals surface area (Å²) in [6, 6.07) is 9.15. The molecular formula is C19H27NO. The Morgan fingerprint density at radius 1 is 1.24 bits per heavy atom. The van der Waals surface area contributed by atoms with Crippen LogP contribution in [0.1, 0.15) is 56.6 Å². The van der Waals surface area contributed by atoms with E-state index < -0.39 is 0 Å². The first-order chi connectivity index (χ1) is 10.3. The van der Waals surface area contributed by atoms with Crippen LogP contribution in [-0.4, -0.2) is 29.2 Å². The van der Waals surface area contributed by atoms with Gasteiger partial charge in [0.1, 0.15) is 0 Å². The third kappa shape index (κ3) is 4.88. The van der Waals surface area contributed by atoms with Crippen molar-refractivity contribution < 1.29 is 5.11 Å². The summed E-state index contributed by atoms with van der Waals surface area (Å²) in [5, 5.41) is 8.86. The van der Waals surface area contributed by atoms with E-state index in [9.17, 15) is 0 Å². The summed E-state index contributed by atoms with van der Waals surface area (Å²) in [6.07, 6.45) is 7.16. The minimum atomic E-state index is 0.138. The predicted octanol–water partition coefficient (Wildman–Crippen LogP) is 3.58. The number of likely N-dealkylation sites (tertiary alicyclic amines) is 1. The van der Waals surface area contributed by atoms with Crippen LogP contribution in [0.25, 0.3) is 0 Å². The molecule has 0 saturated carbocycles. The van der Waals surface area contributed by atoms with Gasteiger partial charge < -0.3 is 5.11 Å². The second-order valence-corrected chi connectivity index (χ2v) is 5.81. The lowest BCUT2D eigenvalue weighted by Gasteiger charge is -2.29. The van der Waals surface area contributed by atoms with Crippen LogP contribution in [0.3, 0.4) is 0 Å². The van der Waals surface area contributed by atoms with Gasteiger partial charge in [-0.05, 0) is 37.4 Å². The molecule has 1 heterocycles. The van der Waals surface area contributed by atoms with Crippen molar-refractivity contribution in [3.8, 4) is 11.8 Å². The molecule has 1 aliphatic rings. The zero-order chi connectivity index (χ0) is 14.9. The highest BCUT2D eigenvalue weighted by Crippen LogP contribution is 2.22. The minimum Gasteiger partial charge on any atom is -0.395 e. The van der Waals surface area contributed by atoms with Crippen LogP contribution in [0.2, 0.25) is 0 Å². The number of aliphatic hydroxyl groups is 1. The maximum absolute atomic E-state index is 8.86. The third-order valence-electron chi connectivity index (χ3n) is 4.32. The van der Waals surface area contributed by atoms with E-state index in [0.29, 0.717) is 12.5 Å². The molecule has 21 heavy (non-hydrogen) atoms. The number of hydrogen-bond acceptors (Lipinski definition) is 2. The highest BCUT2D eigenvalue weighted by molar-refractivity contribution is 5.41. The molecule has 1 saturated heterocycles. The second kappa shape index (κ2) is 8.87. The molecule has 0 spiro atoms. The molecule has 1 aliphatic heterocycles. The van der Waals surface area contributed by atoms with Gasteiger partial charge in [0, 0.05) is 24.6 Å². The van der Waals surface area contributed by atoms with Gasteiger partial charge in [-0.1, -0.05) is 49.8 Å². The molecular weight excluding hydrogens is 258 g/mol. The highest BCUT2D eigenvalue weighted by atomic mass is 16.2. The van der Waals surface area contributed by atoms with E-state index in [0.717, 1.165) is 12.1 Å². The Balaban J connectivity index is 2.12. The Morgan fingerprint density at radius 3 is 2.90 bits per heavy atom. The molecule has 2 nitrogen and oxygen atoms in total. The van der Waals surface area contributed by atoms with E-state index in [4.69, 9.17) is 5.11 Å². The van der Waals surface area contributed by atoms with Crippen LogP contribution >= 0.6 is 0 Å². The predicted molar refractivity (Wildman–Crippen MR) is 88.0 cm³/mol. The smallest absolute Gasteiger partial charge is 0.0540 e. The summed E-state index contributed by atoms with van der Waals surface area (Å²) in [5.74, 6) is 6.26. The van der Waals surface area contributed by atoms with Crippen LogP contribution < -0.4 is 0 Å². The summed E-state index contributed by atoms with van der Waals surface area (Å²) in [4.78, 5) is 2.64. The highest BCUT2D eigenvalue weighted by Gasteiger charge is 2.19. The largest absolute Gasteiger partial charge is 0.395 e. The lowest BCUT2D eigenvalue weighted by molar-refractivity contribution is 0.186. The van der Waals surface area contributed by atoms with Crippen LogP contribution in [0.15, 0.2) is 24.3 Å². The van der Waals surface area contributed by atoms with Crippen LogP contribution in [0, 0.1) is 11.8 Å². The molecule has 0 radical (unpaired) electrons. The fourth-order valence-corrected chi connectivity index (χ4v) is 3.12. The Kier molecular flexibility index (Phi) is 6.79. The second-order valence-electron chi connectivity index (χ2n) is 5.81. The molecule has 2 heteroatoms. The lowest BCUT2D eigenvalue weighted by Crippen LogP contribution is -2.34. The molecule has 1 aromatic carbocycles. The van der Waals surface area contributed by atoms with E-state index in [1.807, 2.05) is 6.07 Å². The zero-order valence-electron chi connectivity index (χ0n) is 13.1. The molecule has 1 fully saturated rings. The molecule has 1 aromatic rings. The topological polar surface area (TPSA) is 23.5 Å². The van der Waals surface area contributed by atoms with Crippen molar-refractivity contribution in [2.75, 3.05) is 13.2 Å². The summed E-state index contributed by atoms with van der Waals surface area (Å²) in [5.41, 5.74) is 2.44. The minimum absolute atomic E-state index is 0.138. The number of rotatable bonds is 4. The van der Waals surface area contributed by atoms with Gasteiger partial charge in [0.05, 0.1) is 6.61 Å². The number of benzene rings is 1. The van der Waals surface area contributed by atoms with Crippen molar-refractivity contribution in [3.05, 3.63) is 35.4 Å². The summed E-state index contributed by atoms with van der Waals surface area (Å²) < 4.78 is 0.